The number of hydrogen-bond acceptors (Lipinski definition) is 2. The molecule has 68 valence electrons. The Balaban J connectivity index is 2.72. The predicted molar refractivity (Wildman–Crippen MR) is 51.3 cm³/mol. The highest BCUT2D eigenvalue weighted by Gasteiger charge is 2.03. The van der Waals surface area contributed by atoms with E-state index in [2.05, 4.69) is 16.5 Å². The van der Waals surface area contributed by atoms with E-state index in [1.165, 1.54) is 0 Å². The minimum absolute atomic E-state index is 0.0761. The van der Waals surface area contributed by atoms with Crippen LogP contribution in [0.4, 0.5) is 0 Å². The van der Waals surface area contributed by atoms with Gasteiger partial charge in [0, 0.05) is 24.3 Å². The summed E-state index contributed by atoms with van der Waals surface area (Å²) >= 11 is 0. The Morgan fingerprint density at radius 3 is 3.00 bits per heavy atom. The molecule has 0 radical (unpaired) electrons. The van der Waals surface area contributed by atoms with Gasteiger partial charge >= 0.3 is 0 Å². The van der Waals surface area contributed by atoms with Crippen LogP contribution in [0.25, 0.3) is 11.0 Å². The van der Waals surface area contributed by atoms with Gasteiger partial charge in [-0.2, -0.15) is 0 Å². The summed E-state index contributed by atoms with van der Waals surface area (Å²) in [6.45, 7) is 3.06. The van der Waals surface area contributed by atoms with Crippen LogP contribution < -0.4 is 0 Å². The van der Waals surface area contributed by atoms with Crippen molar-refractivity contribution in [1.82, 2.24) is 9.55 Å². The number of aliphatic hydroxyl groups excluding tert-OH is 1. The van der Waals surface area contributed by atoms with Gasteiger partial charge in [-0.05, 0) is 24.6 Å². The Kier molecular flexibility index (Phi) is 2.02. The summed E-state index contributed by atoms with van der Waals surface area (Å²) in [5.74, 6) is 0. The molecule has 0 spiro atoms. The van der Waals surface area contributed by atoms with Gasteiger partial charge in [-0.15, -0.1) is 0 Å². The number of aliphatic hydroxyl groups is 1. The molecular formula is C10H12N2O. The van der Waals surface area contributed by atoms with Crippen LogP contribution >= 0.6 is 0 Å². The third-order valence-electron chi connectivity index (χ3n) is 2.26. The molecule has 0 unspecified atom stereocenters. The summed E-state index contributed by atoms with van der Waals surface area (Å²) in [6.07, 6.45) is 3.73. The van der Waals surface area contributed by atoms with Crippen molar-refractivity contribution in [2.45, 2.75) is 20.1 Å². The molecule has 2 aromatic heterocycles. The van der Waals surface area contributed by atoms with E-state index in [-0.39, 0.29) is 6.61 Å². The number of pyridine rings is 1. The monoisotopic (exact) mass is 176 g/mol. The lowest BCUT2D eigenvalue weighted by atomic mass is 10.2. The molecule has 1 N–H and O–H groups in total. The molecule has 0 bridgehead atoms. The lowest BCUT2D eigenvalue weighted by Crippen LogP contribution is -1.94. The van der Waals surface area contributed by atoms with Crippen molar-refractivity contribution >= 4 is 11.0 Å². The zero-order valence-corrected chi connectivity index (χ0v) is 7.57. The Hall–Kier alpha value is -1.35. The first kappa shape index (κ1) is 8.26. The van der Waals surface area contributed by atoms with Gasteiger partial charge in [0.2, 0.25) is 0 Å². The number of aromatic nitrogens is 2. The van der Waals surface area contributed by atoms with E-state index in [9.17, 15) is 0 Å². The van der Waals surface area contributed by atoms with Crippen LogP contribution in [-0.2, 0) is 13.2 Å². The van der Waals surface area contributed by atoms with Crippen molar-refractivity contribution in [2.24, 2.45) is 0 Å². The second-order valence-electron chi connectivity index (χ2n) is 2.97. The van der Waals surface area contributed by atoms with Crippen LogP contribution in [0.3, 0.4) is 0 Å². The van der Waals surface area contributed by atoms with Gasteiger partial charge < -0.3 is 9.67 Å². The fourth-order valence-corrected chi connectivity index (χ4v) is 1.54. The molecule has 0 saturated carbocycles. The van der Waals surface area contributed by atoms with Gasteiger partial charge in [-0.25, -0.2) is 4.98 Å². The summed E-state index contributed by atoms with van der Waals surface area (Å²) in [6, 6.07) is 3.85. The van der Waals surface area contributed by atoms with Gasteiger partial charge in [0.25, 0.3) is 0 Å². The largest absolute Gasteiger partial charge is 0.392 e. The molecule has 2 heterocycles. The zero-order chi connectivity index (χ0) is 9.26. The van der Waals surface area contributed by atoms with E-state index in [4.69, 9.17) is 5.11 Å². The first-order valence-electron chi connectivity index (χ1n) is 4.40. The van der Waals surface area contributed by atoms with Crippen LogP contribution in [0.1, 0.15) is 12.5 Å². The van der Waals surface area contributed by atoms with Gasteiger partial charge in [0.1, 0.15) is 5.65 Å². The van der Waals surface area contributed by atoms with Crippen molar-refractivity contribution in [3.05, 3.63) is 30.1 Å². The summed E-state index contributed by atoms with van der Waals surface area (Å²) in [5.41, 5.74) is 1.89. The molecule has 2 aromatic rings. The number of hydrogen-bond donors (Lipinski definition) is 1. The summed E-state index contributed by atoms with van der Waals surface area (Å²) in [5, 5.41) is 10.1. The van der Waals surface area contributed by atoms with E-state index >= 15 is 0 Å². The highest BCUT2D eigenvalue weighted by Crippen LogP contribution is 2.17. The van der Waals surface area contributed by atoms with E-state index in [1.54, 1.807) is 6.20 Å². The topological polar surface area (TPSA) is 38.0 Å². The SMILES string of the molecule is CCn1ccc2c(CO)ccnc21. The van der Waals surface area contributed by atoms with Gasteiger partial charge in [-0.1, -0.05) is 0 Å². The highest BCUT2D eigenvalue weighted by molar-refractivity contribution is 5.79. The van der Waals surface area contributed by atoms with E-state index < -0.39 is 0 Å². The number of nitrogens with zero attached hydrogens (tertiary/aromatic N) is 2. The first-order valence-corrected chi connectivity index (χ1v) is 4.40. The predicted octanol–water partition coefficient (Wildman–Crippen LogP) is 1.55. The molecule has 0 aromatic carbocycles. The van der Waals surface area contributed by atoms with Gasteiger partial charge in [0.15, 0.2) is 0 Å². The first-order chi connectivity index (χ1) is 6.36. The molecule has 0 aliphatic rings. The Morgan fingerprint density at radius 1 is 1.46 bits per heavy atom. The minimum Gasteiger partial charge on any atom is -0.392 e. The van der Waals surface area contributed by atoms with Crippen LogP contribution in [0.5, 0.6) is 0 Å². The normalized spacial score (nSPS) is 10.9. The Labute approximate surface area is 76.6 Å². The fourth-order valence-electron chi connectivity index (χ4n) is 1.54. The molecule has 3 nitrogen and oxygen atoms in total. The van der Waals surface area contributed by atoms with Crippen molar-refractivity contribution in [3.63, 3.8) is 0 Å². The van der Waals surface area contributed by atoms with Crippen molar-refractivity contribution in [1.29, 1.82) is 0 Å². The summed E-state index contributed by atoms with van der Waals surface area (Å²) in [7, 11) is 0. The van der Waals surface area contributed by atoms with E-state index in [0.717, 1.165) is 23.1 Å². The lowest BCUT2D eigenvalue weighted by Gasteiger charge is -2.01. The van der Waals surface area contributed by atoms with Gasteiger partial charge in [0.05, 0.1) is 6.61 Å². The summed E-state index contributed by atoms with van der Waals surface area (Å²) < 4.78 is 2.06. The van der Waals surface area contributed by atoms with Crippen molar-refractivity contribution in [3.8, 4) is 0 Å². The molecule has 0 amide bonds. The maximum Gasteiger partial charge on any atom is 0.140 e. The number of fused-ring (bicyclic) bond motifs is 1. The standard InChI is InChI=1S/C10H12N2O/c1-2-12-6-4-9-8(7-13)3-5-11-10(9)12/h3-6,13H,2,7H2,1H3. The van der Waals surface area contributed by atoms with Crippen LogP contribution in [0.15, 0.2) is 24.5 Å². The molecule has 2 rings (SSSR count). The van der Waals surface area contributed by atoms with Gasteiger partial charge in [-0.3, -0.25) is 0 Å². The lowest BCUT2D eigenvalue weighted by molar-refractivity contribution is 0.283. The second kappa shape index (κ2) is 3.18. The van der Waals surface area contributed by atoms with Crippen LogP contribution in [-0.4, -0.2) is 14.7 Å². The van der Waals surface area contributed by atoms with E-state index in [0.29, 0.717) is 0 Å². The molecule has 0 aliphatic heterocycles. The Bertz CT molecular complexity index is 420. The maximum atomic E-state index is 9.08. The molecular weight excluding hydrogens is 164 g/mol. The van der Waals surface area contributed by atoms with E-state index in [1.807, 2.05) is 18.3 Å². The third kappa shape index (κ3) is 1.21. The molecule has 3 heteroatoms. The molecule has 0 saturated heterocycles. The van der Waals surface area contributed by atoms with Crippen LogP contribution in [0, 0.1) is 0 Å². The van der Waals surface area contributed by atoms with Crippen molar-refractivity contribution < 1.29 is 5.11 Å². The zero-order valence-electron chi connectivity index (χ0n) is 7.57. The Morgan fingerprint density at radius 2 is 2.31 bits per heavy atom. The summed E-state index contributed by atoms with van der Waals surface area (Å²) in [4.78, 5) is 4.27. The number of rotatable bonds is 2. The van der Waals surface area contributed by atoms with Crippen molar-refractivity contribution in [2.75, 3.05) is 0 Å². The molecule has 0 atom stereocenters. The fraction of sp³-hybridized carbons (Fsp3) is 0.300. The highest BCUT2D eigenvalue weighted by atomic mass is 16.3. The molecule has 0 fully saturated rings. The smallest absolute Gasteiger partial charge is 0.140 e. The average molecular weight is 176 g/mol. The quantitative estimate of drug-likeness (QED) is 0.753. The van der Waals surface area contributed by atoms with Crippen LogP contribution in [0.2, 0.25) is 0 Å². The minimum atomic E-state index is 0.0761. The third-order valence-corrected chi connectivity index (χ3v) is 2.26. The molecule has 0 aliphatic carbocycles. The molecule has 13 heavy (non-hydrogen) atoms. The second-order valence-corrected chi connectivity index (χ2v) is 2.97. The maximum absolute atomic E-state index is 9.08. The average Bonchev–Trinajstić information content (AvgIpc) is 2.60. The number of aryl methyl sites for hydroxylation is 1.